The molecule has 1 amide bonds. The number of nitrogens with one attached hydrogen (secondary N) is 1. The van der Waals surface area contributed by atoms with Crippen LogP contribution in [0.25, 0.3) is 11.3 Å². The predicted molar refractivity (Wildman–Crippen MR) is 90.9 cm³/mol. The molecule has 1 aliphatic heterocycles. The molecule has 3 rings (SSSR count). The van der Waals surface area contributed by atoms with E-state index in [-0.39, 0.29) is 24.9 Å². The van der Waals surface area contributed by atoms with E-state index in [0.717, 1.165) is 17.1 Å². The van der Waals surface area contributed by atoms with Crippen LogP contribution < -0.4 is 5.32 Å². The first-order valence-corrected chi connectivity index (χ1v) is 8.24. The zero-order valence-electron chi connectivity index (χ0n) is 14.1. The van der Waals surface area contributed by atoms with Gasteiger partial charge in [0.2, 0.25) is 5.91 Å². The second kappa shape index (κ2) is 7.48. The minimum Gasteiger partial charge on any atom is -0.481 e. The Morgan fingerprint density at radius 1 is 1.32 bits per heavy atom. The van der Waals surface area contributed by atoms with Gasteiger partial charge in [0.1, 0.15) is 12.4 Å². The zero-order valence-corrected chi connectivity index (χ0v) is 14.1. The standard InChI is InChI=1S/C18H21N3O4/c1-12-2-4-13(5-3-12)15-10-21-9-14(25-11-16(21)20-15)8-19-17(22)6-7-18(23)24/h2-5,10,14H,6-9,11H2,1H3,(H,19,22)(H,23,24)/t14-/m0/s1. The van der Waals surface area contributed by atoms with Crippen molar-refractivity contribution >= 4 is 11.9 Å². The van der Waals surface area contributed by atoms with Crippen LogP contribution in [0.2, 0.25) is 0 Å². The van der Waals surface area contributed by atoms with E-state index in [9.17, 15) is 9.59 Å². The number of carboxylic acid groups (broad SMARTS) is 1. The van der Waals surface area contributed by atoms with E-state index >= 15 is 0 Å². The van der Waals surface area contributed by atoms with E-state index in [1.54, 1.807) is 0 Å². The predicted octanol–water partition coefficient (Wildman–Crippen LogP) is 1.74. The molecule has 2 N–H and O–H groups in total. The van der Waals surface area contributed by atoms with Crippen molar-refractivity contribution in [2.45, 2.75) is 39.0 Å². The number of carbonyl (C=O) groups is 2. The average molecular weight is 343 g/mol. The molecule has 2 aromatic rings. The molecule has 0 bridgehead atoms. The van der Waals surface area contributed by atoms with Crippen molar-refractivity contribution in [2.24, 2.45) is 0 Å². The molecule has 0 spiro atoms. The number of hydrogen-bond acceptors (Lipinski definition) is 4. The molecule has 1 atom stereocenters. The van der Waals surface area contributed by atoms with Gasteiger partial charge in [-0.15, -0.1) is 0 Å². The quantitative estimate of drug-likeness (QED) is 0.833. The van der Waals surface area contributed by atoms with Crippen LogP contribution in [0.4, 0.5) is 0 Å². The van der Waals surface area contributed by atoms with Crippen LogP contribution in [0.5, 0.6) is 0 Å². The number of imidazole rings is 1. The number of benzene rings is 1. The smallest absolute Gasteiger partial charge is 0.303 e. The Morgan fingerprint density at radius 2 is 2.08 bits per heavy atom. The van der Waals surface area contributed by atoms with Gasteiger partial charge in [0.05, 0.1) is 24.8 Å². The van der Waals surface area contributed by atoms with Gasteiger partial charge in [-0.3, -0.25) is 9.59 Å². The van der Waals surface area contributed by atoms with Gasteiger partial charge in [-0.05, 0) is 6.92 Å². The first kappa shape index (κ1) is 17.2. The molecule has 1 aliphatic rings. The Hall–Kier alpha value is -2.67. The second-order valence-electron chi connectivity index (χ2n) is 6.19. The number of aromatic nitrogens is 2. The van der Waals surface area contributed by atoms with Crippen LogP contribution in [0, 0.1) is 6.92 Å². The molecule has 0 radical (unpaired) electrons. The fraction of sp³-hybridized carbons (Fsp3) is 0.389. The lowest BCUT2D eigenvalue weighted by Crippen LogP contribution is -2.38. The van der Waals surface area contributed by atoms with Crippen LogP contribution in [-0.4, -0.2) is 39.2 Å². The van der Waals surface area contributed by atoms with Crippen molar-refractivity contribution < 1.29 is 19.4 Å². The van der Waals surface area contributed by atoms with Gasteiger partial charge in [-0.2, -0.15) is 0 Å². The molecule has 132 valence electrons. The Bertz CT molecular complexity index is 767. The lowest BCUT2D eigenvalue weighted by atomic mass is 10.1. The Balaban J connectivity index is 1.57. The summed E-state index contributed by atoms with van der Waals surface area (Å²) in [5, 5.41) is 11.3. The summed E-state index contributed by atoms with van der Waals surface area (Å²) < 4.78 is 7.78. The van der Waals surface area contributed by atoms with Crippen LogP contribution >= 0.6 is 0 Å². The fourth-order valence-corrected chi connectivity index (χ4v) is 2.72. The Morgan fingerprint density at radius 3 is 2.80 bits per heavy atom. The molecule has 1 aromatic carbocycles. The summed E-state index contributed by atoms with van der Waals surface area (Å²) in [4.78, 5) is 26.7. The maximum Gasteiger partial charge on any atom is 0.303 e. The summed E-state index contributed by atoms with van der Waals surface area (Å²) in [6, 6.07) is 8.20. The maximum absolute atomic E-state index is 11.6. The molecule has 7 nitrogen and oxygen atoms in total. The van der Waals surface area contributed by atoms with Gasteiger partial charge in [0.15, 0.2) is 0 Å². The number of hydrogen-bond donors (Lipinski definition) is 2. The van der Waals surface area contributed by atoms with Gasteiger partial charge < -0.3 is 19.7 Å². The van der Waals surface area contributed by atoms with Crippen LogP contribution in [0.1, 0.15) is 24.2 Å². The largest absolute Gasteiger partial charge is 0.481 e. The van der Waals surface area contributed by atoms with Gasteiger partial charge in [-0.1, -0.05) is 29.8 Å². The molecule has 1 aromatic heterocycles. The zero-order chi connectivity index (χ0) is 17.8. The molecule has 0 aliphatic carbocycles. The lowest BCUT2D eigenvalue weighted by molar-refractivity contribution is -0.138. The monoisotopic (exact) mass is 343 g/mol. The summed E-state index contributed by atoms with van der Waals surface area (Å²) in [6.07, 6.45) is 1.67. The SMILES string of the molecule is Cc1ccc(-c2cn3c(n2)CO[C@@H](CNC(=O)CCC(=O)O)C3)cc1. The number of ether oxygens (including phenoxy) is 1. The van der Waals surface area contributed by atoms with E-state index in [1.807, 2.05) is 29.8 Å². The first-order chi connectivity index (χ1) is 12.0. The van der Waals surface area contributed by atoms with Crippen LogP contribution in [0.15, 0.2) is 30.5 Å². The number of nitrogens with zero attached hydrogens (tertiary/aromatic N) is 2. The fourth-order valence-electron chi connectivity index (χ4n) is 2.72. The van der Waals surface area contributed by atoms with Gasteiger partial charge in [-0.25, -0.2) is 4.98 Å². The number of carbonyl (C=O) groups excluding carboxylic acids is 1. The van der Waals surface area contributed by atoms with Crippen molar-refractivity contribution in [3.8, 4) is 11.3 Å². The molecule has 0 saturated heterocycles. The van der Waals surface area contributed by atoms with E-state index in [0.29, 0.717) is 19.7 Å². The van der Waals surface area contributed by atoms with Gasteiger partial charge in [0.25, 0.3) is 0 Å². The summed E-state index contributed by atoms with van der Waals surface area (Å²) in [5.41, 5.74) is 3.17. The normalized spacial score (nSPS) is 16.3. The third-order valence-electron chi connectivity index (χ3n) is 4.15. The number of fused-ring (bicyclic) bond motifs is 1. The Labute approximate surface area is 145 Å². The molecular weight excluding hydrogens is 322 g/mol. The van der Waals surface area contributed by atoms with E-state index < -0.39 is 5.97 Å². The molecule has 2 heterocycles. The number of amides is 1. The van der Waals surface area contributed by atoms with Crippen molar-refractivity contribution in [1.82, 2.24) is 14.9 Å². The van der Waals surface area contributed by atoms with Gasteiger partial charge in [0, 0.05) is 24.7 Å². The average Bonchev–Trinajstić information content (AvgIpc) is 3.02. The molecule has 0 saturated carbocycles. The van der Waals surface area contributed by atoms with E-state index in [4.69, 9.17) is 9.84 Å². The molecule has 0 unspecified atom stereocenters. The number of aryl methyl sites for hydroxylation is 1. The van der Waals surface area contributed by atoms with Crippen molar-refractivity contribution in [2.75, 3.05) is 6.54 Å². The van der Waals surface area contributed by atoms with E-state index in [2.05, 4.69) is 22.4 Å². The van der Waals surface area contributed by atoms with Crippen molar-refractivity contribution in [3.63, 3.8) is 0 Å². The van der Waals surface area contributed by atoms with Gasteiger partial charge >= 0.3 is 5.97 Å². The van der Waals surface area contributed by atoms with Crippen LogP contribution in [0.3, 0.4) is 0 Å². The minimum atomic E-state index is -0.976. The number of carboxylic acids is 1. The first-order valence-electron chi connectivity index (χ1n) is 8.24. The molecule has 25 heavy (non-hydrogen) atoms. The van der Waals surface area contributed by atoms with Crippen molar-refractivity contribution in [3.05, 3.63) is 41.9 Å². The second-order valence-corrected chi connectivity index (χ2v) is 6.19. The molecule has 0 fully saturated rings. The molecular formula is C18H21N3O4. The summed E-state index contributed by atoms with van der Waals surface area (Å²) >= 11 is 0. The third kappa shape index (κ3) is 4.45. The summed E-state index contributed by atoms with van der Waals surface area (Å²) in [5.74, 6) is -0.387. The summed E-state index contributed by atoms with van der Waals surface area (Å²) in [6.45, 7) is 3.40. The lowest BCUT2D eigenvalue weighted by Gasteiger charge is -2.24. The highest BCUT2D eigenvalue weighted by molar-refractivity contribution is 5.80. The molecule has 7 heteroatoms. The highest BCUT2D eigenvalue weighted by Gasteiger charge is 2.21. The maximum atomic E-state index is 11.6. The highest BCUT2D eigenvalue weighted by Crippen LogP contribution is 2.22. The van der Waals surface area contributed by atoms with Crippen LogP contribution in [-0.2, 0) is 27.5 Å². The number of aliphatic carboxylic acids is 1. The third-order valence-corrected chi connectivity index (χ3v) is 4.15. The Kier molecular flexibility index (Phi) is 5.14. The number of rotatable bonds is 6. The van der Waals surface area contributed by atoms with E-state index in [1.165, 1.54) is 5.56 Å². The highest BCUT2D eigenvalue weighted by atomic mass is 16.5. The van der Waals surface area contributed by atoms with Crippen molar-refractivity contribution in [1.29, 1.82) is 0 Å². The minimum absolute atomic E-state index is 0.0179. The topological polar surface area (TPSA) is 93.5 Å². The summed E-state index contributed by atoms with van der Waals surface area (Å²) in [7, 11) is 0.